The van der Waals surface area contributed by atoms with Crippen LogP contribution in [0.2, 0.25) is 0 Å². The molecule has 0 bridgehead atoms. The summed E-state index contributed by atoms with van der Waals surface area (Å²) < 4.78 is 25.9. The summed E-state index contributed by atoms with van der Waals surface area (Å²) in [5, 5.41) is 3.10. The lowest BCUT2D eigenvalue weighted by atomic mass is 10.0. The summed E-state index contributed by atoms with van der Waals surface area (Å²) in [5.74, 6) is -1.66. The monoisotopic (exact) mass is 249 g/mol. The second-order valence-corrected chi connectivity index (χ2v) is 3.97. The zero-order valence-corrected chi connectivity index (χ0v) is 9.90. The van der Waals surface area contributed by atoms with Crippen LogP contribution in [0, 0.1) is 11.6 Å². The van der Waals surface area contributed by atoms with Crippen LogP contribution in [0.15, 0.2) is 36.9 Å². The molecule has 0 spiro atoms. The fourth-order valence-corrected chi connectivity index (χ4v) is 1.78. The van der Waals surface area contributed by atoms with Gasteiger partial charge in [-0.2, -0.15) is 0 Å². The highest BCUT2D eigenvalue weighted by Gasteiger charge is 2.12. The first-order valence-corrected chi connectivity index (χ1v) is 5.57. The van der Waals surface area contributed by atoms with E-state index in [0.29, 0.717) is 6.42 Å². The van der Waals surface area contributed by atoms with E-state index in [1.807, 2.05) is 0 Å². The van der Waals surface area contributed by atoms with E-state index in [-0.39, 0.29) is 6.04 Å². The highest BCUT2D eigenvalue weighted by molar-refractivity contribution is 5.21. The summed E-state index contributed by atoms with van der Waals surface area (Å²) in [6, 6.07) is 3.89. The fraction of sp³-hybridized carbons (Fsp3) is 0.231. The normalized spacial score (nSPS) is 12.4. The van der Waals surface area contributed by atoms with Crippen LogP contribution in [-0.4, -0.2) is 17.0 Å². The molecule has 0 saturated carbocycles. The van der Waals surface area contributed by atoms with Crippen molar-refractivity contribution in [2.45, 2.75) is 12.5 Å². The predicted molar refractivity (Wildman–Crippen MR) is 63.9 cm³/mol. The average Bonchev–Trinajstić information content (AvgIpc) is 2.41. The predicted octanol–water partition coefficient (Wildman–Crippen LogP) is 2.26. The maximum atomic E-state index is 13.1. The van der Waals surface area contributed by atoms with Gasteiger partial charge < -0.3 is 5.32 Å². The standard InChI is InChI=1S/C13H13F2N3/c1-16-13(10-6-17-8-18-7-10)5-9-2-3-11(14)12(15)4-9/h2-4,6-8,13,16H,5H2,1H3. The van der Waals surface area contributed by atoms with Gasteiger partial charge in [-0.3, -0.25) is 0 Å². The molecule has 0 radical (unpaired) electrons. The Balaban J connectivity index is 2.18. The van der Waals surface area contributed by atoms with E-state index in [4.69, 9.17) is 0 Å². The third-order valence-electron chi connectivity index (χ3n) is 2.76. The molecule has 1 aromatic carbocycles. The smallest absolute Gasteiger partial charge is 0.159 e. The second kappa shape index (κ2) is 5.64. The van der Waals surface area contributed by atoms with E-state index in [1.54, 1.807) is 25.5 Å². The van der Waals surface area contributed by atoms with Gasteiger partial charge in [-0.05, 0) is 31.2 Å². The Bertz CT molecular complexity index is 517. The molecular weight excluding hydrogens is 236 g/mol. The van der Waals surface area contributed by atoms with Gasteiger partial charge in [-0.1, -0.05) is 6.07 Å². The van der Waals surface area contributed by atoms with Crippen LogP contribution in [0.25, 0.3) is 0 Å². The Kier molecular flexibility index (Phi) is 3.94. The van der Waals surface area contributed by atoms with E-state index < -0.39 is 11.6 Å². The molecule has 0 aliphatic carbocycles. The molecule has 5 heteroatoms. The van der Waals surface area contributed by atoms with Crippen molar-refractivity contribution in [1.29, 1.82) is 0 Å². The lowest BCUT2D eigenvalue weighted by Crippen LogP contribution is -2.19. The van der Waals surface area contributed by atoms with Gasteiger partial charge in [-0.15, -0.1) is 0 Å². The highest BCUT2D eigenvalue weighted by atomic mass is 19.2. The number of aromatic nitrogens is 2. The van der Waals surface area contributed by atoms with Crippen molar-refractivity contribution < 1.29 is 8.78 Å². The summed E-state index contributed by atoms with van der Waals surface area (Å²) in [4.78, 5) is 7.88. The molecule has 1 unspecified atom stereocenters. The van der Waals surface area contributed by atoms with Crippen LogP contribution in [0.3, 0.4) is 0 Å². The SMILES string of the molecule is CNC(Cc1ccc(F)c(F)c1)c1cncnc1. The molecule has 1 atom stereocenters. The summed E-state index contributed by atoms with van der Waals surface area (Å²) in [6.07, 6.45) is 5.40. The molecule has 2 rings (SSSR count). The minimum Gasteiger partial charge on any atom is -0.313 e. The van der Waals surface area contributed by atoms with Crippen molar-refractivity contribution in [3.05, 3.63) is 59.7 Å². The number of benzene rings is 1. The van der Waals surface area contributed by atoms with Gasteiger partial charge in [0.15, 0.2) is 11.6 Å². The Morgan fingerprint density at radius 3 is 2.50 bits per heavy atom. The summed E-state index contributed by atoms with van der Waals surface area (Å²) >= 11 is 0. The van der Waals surface area contributed by atoms with Crippen molar-refractivity contribution >= 4 is 0 Å². The van der Waals surface area contributed by atoms with Crippen LogP contribution >= 0.6 is 0 Å². The van der Waals surface area contributed by atoms with Crippen molar-refractivity contribution in [3.8, 4) is 0 Å². The molecule has 1 heterocycles. The molecule has 18 heavy (non-hydrogen) atoms. The number of rotatable bonds is 4. The zero-order chi connectivity index (χ0) is 13.0. The molecule has 0 saturated heterocycles. The lowest BCUT2D eigenvalue weighted by molar-refractivity contribution is 0.504. The average molecular weight is 249 g/mol. The minimum absolute atomic E-state index is 0.0314. The zero-order valence-electron chi connectivity index (χ0n) is 9.90. The number of likely N-dealkylation sites (N-methyl/N-ethyl adjacent to an activating group) is 1. The van der Waals surface area contributed by atoms with Crippen LogP contribution in [0.1, 0.15) is 17.2 Å². The second-order valence-electron chi connectivity index (χ2n) is 3.97. The van der Waals surface area contributed by atoms with Gasteiger partial charge >= 0.3 is 0 Å². The molecular formula is C13H13F2N3. The van der Waals surface area contributed by atoms with Gasteiger partial charge in [-0.25, -0.2) is 18.7 Å². The topological polar surface area (TPSA) is 37.8 Å². The number of nitrogens with zero attached hydrogens (tertiary/aromatic N) is 2. The van der Waals surface area contributed by atoms with Gasteiger partial charge in [0.1, 0.15) is 6.33 Å². The van der Waals surface area contributed by atoms with E-state index in [9.17, 15) is 8.78 Å². The molecule has 0 fully saturated rings. The molecule has 2 aromatic rings. The minimum atomic E-state index is -0.831. The molecule has 94 valence electrons. The van der Waals surface area contributed by atoms with Gasteiger partial charge in [0, 0.05) is 24.0 Å². The Morgan fingerprint density at radius 1 is 1.17 bits per heavy atom. The third kappa shape index (κ3) is 2.87. The first-order chi connectivity index (χ1) is 8.70. The van der Waals surface area contributed by atoms with Crippen LogP contribution in [-0.2, 0) is 6.42 Å². The molecule has 1 aromatic heterocycles. The van der Waals surface area contributed by atoms with Gasteiger partial charge in [0.2, 0.25) is 0 Å². The van der Waals surface area contributed by atoms with E-state index in [2.05, 4.69) is 15.3 Å². The number of hydrogen-bond donors (Lipinski definition) is 1. The van der Waals surface area contributed by atoms with Gasteiger partial charge in [0.25, 0.3) is 0 Å². The summed E-state index contributed by atoms with van der Waals surface area (Å²) in [5.41, 5.74) is 1.63. The number of hydrogen-bond acceptors (Lipinski definition) is 3. The molecule has 0 aliphatic heterocycles. The first-order valence-electron chi connectivity index (χ1n) is 5.57. The Morgan fingerprint density at radius 2 is 1.89 bits per heavy atom. The van der Waals surface area contributed by atoms with Crippen molar-refractivity contribution in [2.75, 3.05) is 7.05 Å². The molecule has 0 aliphatic rings. The maximum Gasteiger partial charge on any atom is 0.159 e. The van der Waals surface area contributed by atoms with Crippen LogP contribution < -0.4 is 5.32 Å². The lowest BCUT2D eigenvalue weighted by Gasteiger charge is -2.15. The Labute approximate surface area is 104 Å². The van der Waals surface area contributed by atoms with Crippen molar-refractivity contribution in [3.63, 3.8) is 0 Å². The summed E-state index contributed by atoms with van der Waals surface area (Å²) in [6.45, 7) is 0. The highest BCUT2D eigenvalue weighted by Crippen LogP contribution is 2.18. The quantitative estimate of drug-likeness (QED) is 0.903. The number of nitrogens with one attached hydrogen (secondary N) is 1. The Hall–Kier alpha value is -1.88. The van der Waals surface area contributed by atoms with Crippen molar-refractivity contribution in [2.24, 2.45) is 0 Å². The summed E-state index contributed by atoms with van der Waals surface area (Å²) in [7, 11) is 1.80. The fourth-order valence-electron chi connectivity index (χ4n) is 1.78. The molecule has 0 amide bonds. The van der Waals surface area contributed by atoms with Crippen molar-refractivity contribution in [1.82, 2.24) is 15.3 Å². The van der Waals surface area contributed by atoms with Crippen LogP contribution in [0.4, 0.5) is 8.78 Å². The largest absolute Gasteiger partial charge is 0.313 e. The van der Waals surface area contributed by atoms with E-state index in [0.717, 1.165) is 17.2 Å². The molecule has 3 nitrogen and oxygen atoms in total. The first kappa shape index (κ1) is 12.6. The molecule has 1 N–H and O–H groups in total. The maximum absolute atomic E-state index is 13.1. The van der Waals surface area contributed by atoms with Gasteiger partial charge in [0.05, 0.1) is 0 Å². The van der Waals surface area contributed by atoms with E-state index >= 15 is 0 Å². The van der Waals surface area contributed by atoms with Crippen LogP contribution in [0.5, 0.6) is 0 Å². The number of halogens is 2. The third-order valence-corrected chi connectivity index (χ3v) is 2.76. The van der Waals surface area contributed by atoms with E-state index in [1.165, 1.54) is 12.4 Å².